The van der Waals surface area contributed by atoms with Crippen LogP contribution in [0.25, 0.3) is 11.0 Å². The highest BCUT2D eigenvalue weighted by molar-refractivity contribution is 5.97. The third kappa shape index (κ3) is 4.02. The van der Waals surface area contributed by atoms with E-state index in [9.17, 15) is 4.79 Å². The standard InChI is InChI=1S/C21H24N4O2/c1-24(14-16-5-3-2-4-6-16)10-9-22-21(26)17-7-8-19-18(13-17)23-20-15-27-12-11-25(19)20/h2-8,13H,9-12,14-15H2,1H3,(H,22,26). The summed E-state index contributed by atoms with van der Waals surface area (Å²) in [4.78, 5) is 19.3. The number of hydrogen-bond acceptors (Lipinski definition) is 4. The molecule has 0 spiro atoms. The van der Waals surface area contributed by atoms with E-state index in [2.05, 4.69) is 38.9 Å². The lowest BCUT2D eigenvalue weighted by atomic mass is 10.2. The number of fused-ring (bicyclic) bond motifs is 3. The molecule has 0 fully saturated rings. The van der Waals surface area contributed by atoms with Crippen LogP contribution in [0.4, 0.5) is 0 Å². The molecule has 6 nitrogen and oxygen atoms in total. The number of imidazole rings is 1. The summed E-state index contributed by atoms with van der Waals surface area (Å²) in [5, 5.41) is 3.00. The molecule has 0 bridgehead atoms. The molecule has 0 unspecified atom stereocenters. The van der Waals surface area contributed by atoms with Gasteiger partial charge in [-0.15, -0.1) is 0 Å². The van der Waals surface area contributed by atoms with E-state index in [0.29, 0.717) is 25.3 Å². The maximum absolute atomic E-state index is 12.5. The Labute approximate surface area is 158 Å². The second-order valence-electron chi connectivity index (χ2n) is 6.92. The molecule has 2 aromatic carbocycles. The van der Waals surface area contributed by atoms with Gasteiger partial charge in [-0.3, -0.25) is 4.79 Å². The van der Waals surface area contributed by atoms with E-state index in [1.807, 2.05) is 36.4 Å². The Bertz CT molecular complexity index is 936. The van der Waals surface area contributed by atoms with E-state index in [1.54, 1.807) is 0 Å². The largest absolute Gasteiger partial charge is 0.372 e. The first-order chi connectivity index (χ1) is 13.2. The first-order valence-electron chi connectivity index (χ1n) is 9.28. The molecule has 1 aromatic heterocycles. The number of likely N-dealkylation sites (N-methyl/N-ethyl adjacent to an activating group) is 1. The maximum Gasteiger partial charge on any atom is 0.251 e. The van der Waals surface area contributed by atoms with Crippen LogP contribution in [-0.2, 0) is 24.4 Å². The summed E-state index contributed by atoms with van der Waals surface area (Å²) in [5.41, 5.74) is 3.82. The smallest absolute Gasteiger partial charge is 0.251 e. The van der Waals surface area contributed by atoms with Gasteiger partial charge in [0.25, 0.3) is 5.91 Å². The van der Waals surface area contributed by atoms with Crippen LogP contribution in [0.5, 0.6) is 0 Å². The second-order valence-corrected chi connectivity index (χ2v) is 6.92. The number of ether oxygens (including phenoxy) is 1. The van der Waals surface area contributed by atoms with Crippen molar-refractivity contribution < 1.29 is 9.53 Å². The fourth-order valence-corrected chi connectivity index (χ4v) is 3.44. The monoisotopic (exact) mass is 364 g/mol. The summed E-state index contributed by atoms with van der Waals surface area (Å²) in [5.74, 6) is 0.864. The summed E-state index contributed by atoms with van der Waals surface area (Å²) >= 11 is 0. The van der Waals surface area contributed by atoms with E-state index in [-0.39, 0.29) is 5.91 Å². The van der Waals surface area contributed by atoms with Crippen molar-refractivity contribution in [3.8, 4) is 0 Å². The number of nitrogens with one attached hydrogen (secondary N) is 1. The third-order valence-electron chi connectivity index (χ3n) is 4.85. The second kappa shape index (κ2) is 7.90. The van der Waals surface area contributed by atoms with Crippen molar-refractivity contribution in [3.63, 3.8) is 0 Å². The van der Waals surface area contributed by atoms with Gasteiger partial charge in [0.05, 0.1) is 17.6 Å². The zero-order valence-corrected chi connectivity index (χ0v) is 15.5. The number of aromatic nitrogens is 2. The quantitative estimate of drug-likeness (QED) is 0.730. The fourth-order valence-electron chi connectivity index (χ4n) is 3.44. The molecule has 27 heavy (non-hydrogen) atoms. The first kappa shape index (κ1) is 17.7. The molecule has 0 aliphatic carbocycles. The van der Waals surface area contributed by atoms with Crippen LogP contribution in [0.15, 0.2) is 48.5 Å². The highest BCUT2D eigenvalue weighted by Crippen LogP contribution is 2.20. The predicted octanol–water partition coefficient (Wildman–Crippen LogP) is 2.43. The van der Waals surface area contributed by atoms with Gasteiger partial charge >= 0.3 is 0 Å². The summed E-state index contributed by atoms with van der Waals surface area (Å²) in [7, 11) is 2.06. The van der Waals surface area contributed by atoms with E-state index < -0.39 is 0 Å². The van der Waals surface area contributed by atoms with E-state index in [1.165, 1.54) is 5.56 Å². The van der Waals surface area contributed by atoms with Crippen molar-refractivity contribution in [2.75, 3.05) is 26.7 Å². The minimum Gasteiger partial charge on any atom is -0.372 e. The van der Waals surface area contributed by atoms with Crippen LogP contribution < -0.4 is 5.32 Å². The Kier molecular flexibility index (Phi) is 5.18. The summed E-state index contributed by atoms with van der Waals surface area (Å²) in [6.45, 7) is 4.31. The molecular formula is C21H24N4O2. The number of nitrogens with zero attached hydrogens (tertiary/aromatic N) is 3. The molecule has 2 heterocycles. The maximum atomic E-state index is 12.5. The molecule has 1 aliphatic rings. The zero-order chi connectivity index (χ0) is 18.6. The Morgan fingerprint density at radius 2 is 2.11 bits per heavy atom. The van der Waals surface area contributed by atoms with Gasteiger partial charge in [-0.25, -0.2) is 4.98 Å². The van der Waals surface area contributed by atoms with Gasteiger partial charge < -0.3 is 19.5 Å². The molecule has 1 aliphatic heterocycles. The van der Waals surface area contributed by atoms with Gasteiger partial charge in [0, 0.05) is 31.7 Å². The Morgan fingerprint density at radius 1 is 1.26 bits per heavy atom. The van der Waals surface area contributed by atoms with Gasteiger partial charge in [0.15, 0.2) is 0 Å². The number of rotatable bonds is 6. The topological polar surface area (TPSA) is 59.4 Å². The molecule has 0 radical (unpaired) electrons. The molecule has 0 saturated carbocycles. The normalized spacial score (nSPS) is 13.7. The van der Waals surface area contributed by atoms with Crippen molar-refractivity contribution in [2.45, 2.75) is 19.7 Å². The lowest BCUT2D eigenvalue weighted by Gasteiger charge is -2.17. The molecule has 4 rings (SSSR count). The molecular weight excluding hydrogens is 340 g/mol. The summed E-state index contributed by atoms with van der Waals surface area (Å²) in [6, 6.07) is 16.0. The van der Waals surface area contributed by atoms with Gasteiger partial charge in [-0.1, -0.05) is 30.3 Å². The lowest BCUT2D eigenvalue weighted by molar-refractivity contribution is 0.0830. The van der Waals surface area contributed by atoms with Gasteiger partial charge in [0.1, 0.15) is 12.4 Å². The van der Waals surface area contributed by atoms with E-state index in [4.69, 9.17) is 4.74 Å². The number of carbonyl (C=O) groups is 1. The average Bonchev–Trinajstić information content (AvgIpc) is 3.06. The van der Waals surface area contributed by atoms with Gasteiger partial charge in [-0.2, -0.15) is 0 Å². The Balaban J connectivity index is 1.34. The highest BCUT2D eigenvalue weighted by atomic mass is 16.5. The molecule has 0 atom stereocenters. The lowest BCUT2D eigenvalue weighted by Crippen LogP contribution is -2.32. The van der Waals surface area contributed by atoms with Crippen molar-refractivity contribution in [2.24, 2.45) is 0 Å². The number of amides is 1. The molecule has 1 amide bonds. The summed E-state index contributed by atoms with van der Waals surface area (Å²) in [6.07, 6.45) is 0. The van der Waals surface area contributed by atoms with Crippen molar-refractivity contribution in [3.05, 3.63) is 65.5 Å². The van der Waals surface area contributed by atoms with Crippen LogP contribution >= 0.6 is 0 Å². The predicted molar refractivity (Wildman–Crippen MR) is 104 cm³/mol. The molecule has 1 N–H and O–H groups in total. The fraction of sp³-hybridized carbons (Fsp3) is 0.333. The van der Waals surface area contributed by atoms with Crippen molar-refractivity contribution >= 4 is 16.9 Å². The molecule has 6 heteroatoms. The van der Waals surface area contributed by atoms with Crippen LogP contribution in [0, 0.1) is 0 Å². The van der Waals surface area contributed by atoms with Crippen LogP contribution in [-0.4, -0.2) is 47.1 Å². The average molecular weight is 364 g/mol. The number of carbonyl (C=O) groups excluding carboxylic acids is 1. The van der Waals surface area contributed by atoms with Gasteiger partial charge in [-0.05, 0) is 30.8 Å². The first-order valence-corrected chi connectivity index (χ1v) is 9.28. The van der Waals surface area contributed by atoms with Crippen LogP contribution in [0.1, 0.15) is 21.7 Å². The van der Waals surface area contributed by atoms with Crippen molar-refractivity contribution in [1.82, 2.24) is 19.8 Å². The van der Waals surface area contributed by atoms with E-state index >= 15 is 0 Å². The van der Waals surface area contributed by atoms with Crippen LogP contribution in [0.2, 0.25) is 0 Å². The Morgan fingerprint density at radius 3 is 2.96 bits per heavy atom. The van der Waals surface area contributed by atoms with E-state index in [0.717, 1.165) is 36.5 Å². The zero-order valence-electron chi connectivity index (χ0n) is 15.5. The molecule has 0 saturated heterocycles. The number of benzene rings is 2. The SMILES string of the molecule is CN(CCNC(=O)c1ccc2c(c1)nc1n2CCOC1)Cc1ccccc1. The third-order valence-corrected chi connectivity index (χ3v) is 4.85. The molecule has 3 aromatic rings. The highest BCUT2D eigenvalue weighted by Gasteiger charge is 2.16. The Hall–Kier alpha value is -2.70. The van der Waals surface area contributed by atoms with Gasteiger partial charge in [0.2, 0.25) is 0 Å². The van der Waals surface area contributed by atoms with Crippen LogP contribution in [0.3, 0.4) is 0 Å². The minimum absolute atomic E-state index is 0.0627. The molecule has 140 valence electrons. The number of hydrogen-bond donors (Lipinski definition) is 1. The van der Waals surface area contributed by atoms with Crippen molar-refractivity contribution in [1.29, 1.82) is 0 Å². The summed E-state index contributed by atoms with van der Waals surface area (Å²) < 4.78 is 7.62. The minimum atomic E-state index is -0.0627.